The van der Waals surface area contributed by atoms with Crippen LogP contribution in [0.3, 0.4) is 0 Å². The summed E-state index contributed by atoms with van der Waals surface area (Å²) in [5, 5.41) is 10.8. The first-order valence-corrected chi connectivity index (χ1v) is 7.60. The summed E-state index contributed by atoms with van der Waals surface area (Å²) in [4.78, 5) is 4.55. The van der Waals surface area contributed by atoms with Crippen molar-refractivity contribution in [2.45, 2.75) is 62.8 Å². The van der Waals surface area contributed by atoms with E-state index in [-0.39, 0.29) is 12.0 Å². The van der Waals surface area contributed by atoms with Crippen molar-refractivity contribution in [2.75, 3.05) is 0 Å². The zero-order valence-electron chi connectivity index (χ0n) is 11.2. The molecule has 0 aromatic carbocycles. The maximum atomic E-state index is 10.8. The number of aryl methyl sites for hydroxylation is 1. The van der Waals surface area contributed by atoms with E-state index in [4.69, 9.17) is 4.74 Å². The topological polar surface area (TPSA) is 42.4 Å². The third-order valence-electron chi connectivity index (χ3n) is 5.24. The van der Waals surface area contributed by atoms with Gasteiger partial charge in [0.25, 0.3) is 0 Å². The number of aliphatic hydroxyl groups is 1. The van der Waals surface area contributed by atoms with Crippen molar-refractivity contribution < 1.29 is 9.84 Å². The Morgan fingerprint density at radius 3 is 3.05 bits per heavy atom. The number of nitrogens with zero attached hydrogens (tertiary/aromatic N) is 1. The van der Waals surface area contributed by atoms with Crippen LogP contribution in [0.25, 0.3) is 0 Å². The SMILES string of the molecule is OC(C1CCCc2cccnc21)C1CC2CCC1O2. The quantitative estimate of drug-likeness (QED) is 0.887. The minimum absolute atomic E-state index is 0.220. The number of aromatic nitrogens is 1. The lowest BCUT2D eigenvalue weighted by Gasteiger charge is -2.33. The van der Waals surface area contributed by atoms with E-state index in [0.29, 0.717) is 18.1 Å². The Kier molecular flexibility index (Phi) is 2.85. The molecule has 3 nitrogen and oxygen atoms in total. The second-order valence-corrected chi connectivity index (χ2v) is 6.31. The molecule has 102 valence electrons. The van der Waals surface area contributed by atoms with Gasteiger partial charge in [-0.2, -0.15) is 0 Å². The van der Waals surface area contributed by atoms with Gasteiger partial charge >= 0.3 is 0 Å². The summed E-state index contributed by atoms with van der Waals surface area (Å²) in [6.45, 7) is 0. The molecule has 1 aromatic rings. The summed E-state index contributed by atoms with van der Waals surface area (Å²) >= 11 is 0. The van der Waals surface area contributed by atoms with Crippen LogP contribution < -0.4 is 0 Å². The molecule has 2 bridgehead atoms. The Hall–Kier alpha value is -0.930. The molecule has 3 heteroatoms. The van der Waals surface area contributed by atoms with Crippen LogP contribution in [0, 0.1) is 5.92 Å². The number of ether oxygens (including phenoxy) is 1. The van der Waals surface area contributed by atoms with Crippen LogP contribution in [-0.2, 0) is 11.2 Å². The van der Waals surface area contributed by atoms with Crippen molar-refractivity contribution in [3.63, 3.8) is 0 Å². The van der Waals surface area contributed by atoms with E-state index < -0.39 is 0 Å². The molecular weight excluding hydrogens is 238 g/mol. The fourth-order valence-corrected chi connectivity index (χ4v) is 4.31. The van der Waals surface area contributed by atoms with E-state index >= 15 is 0 Å². The van der Waals surface area contributed by atoms with Crippen molar-refractivity contribution in [3.8, 4) is 0 Å². The molecule has 2 saturated heterocycles. The van der Waals surface area contributed by atoms with E-state index in [2.05, 4.69) is 11.1 Å². The zero-order valence-corrected chi connectivity index (χ0v) is 11.2. The number of aliphatic hydroxyl groups excluding tert-OH is 1. The molecule has 19 heavy (non-hydrogen) atoms. The molecule has 3 heterocycles. The van der Waals surface area contributed by atoms with Crippen LogP contribution in [0.1, 0.15) is 49.3 Å². The number of rotatable bonds is 2. The lowest BCUT2D eigenvalue weighted by atomic mass is 9.74. The van der Waals surface area contributed by atoms with Gasteiger partial charge in [-0.25, -0.2) is 0 Å². The highest BCUT2D eigenvalue weighted by Crippen LogP contribution is 2.45. The summed E-state index contributed by atoms with van der Waals surface area (Å²) in [5.41, 5.74) is 2.48. The predicted octanol–water partition coefficient (Wildman–Crippen LogP) is 2.43. The minimum atomic E-state index is -0.274. The van der Waals surface area contributed by atoms with Gasteiger partial charge in [0, 0.05) is 23.7 Å². The molecule has 1 aliphatic carbocycles. The van der Waals surface area contributed by atoms with Crippen LogP contribution in [0.4, 0.5) is 0 Å². The van der Waals surface area contributed by atoms with Gasteiger partial charge in [-0.3, -0.25) is 4.98 Å². The van der Waals surface area contributed by atoms with Crippen molar-refractivity contribution in [1.29, 1.82) is 0 Å². The first-order chi connectivity index (χ1) is 9.33. The van der Waals surface area contributed by atoms with Gasteiger partial charge in [-0.15, -0.1) is 0 Å². The van der Waals surface area contributed by atoms with E-state index in [0.717, 1.165) is 31.4 Å². The normalized spacial score (nSPS) is 38.2. The smallest absolute Gasteiger partial charge is 0.0677 e. The maximum Gasteiger partial charge on any atom is 0.0677 e. The highest BCUT2D eigenvalue weighted by molar-refractivity contribution is 5.27. The van der Waals surface area contributed by atoms with Crippen molar-refractivity contribution in [3.05, 3.63) is 29.6 Å². The number of hydrogen-bond acceptors (Lipinski definition) is 3. The van der Waals surface area contributed by atoms with Gasteiger partial charge in [-0.05, 0) is 50.2 Å². The molecule has 0 radical (unpaired) electrons. The van der Waals surface area contributed by atoms with E-state index in [9.17, 15) is 5.11 Å². The molecule has 3 aliphatic rings. The first-order valence-electron chi connectivity index (χ1n) is 7.60. The van der Waals surface area contributed by atoms with Crippen molar-refractivity contribution in [1.82, 2.24) is 4.98 Å². The summed E-state index contributed by atoms with van der Waals surface area (Å²) < 4.78 is 5.90. The summed E-state index contributed by atoms with van der Waals surface area (Å²) in [6, 6.07) is 4.17. The van der Waals surface area contributed by atoms with Crippen LogP contribution >= 0.6 is 0 Å². The third kappa shape index (κ3) is 1.91. The Balaban J connectivity index is 1.59. The van der Waals surface area contributed by atoms with Gasteiger partial charge in [0.05, 0.1) is 18.3 Å². The average Bonchev–Trinajstić information content (AvgIpc) is 3.08. The Morgan fingerprint density at radius 1 is 1.32 bits per heavy atom. The van der Waals surface area contributed by atoms with Crippen LogP contribution in [-0.4, -0.2) is 28.4 Å². The van der Waals surface area contributed by atoms with Crippen LogP contribution in [0.2, 0.25) is 0 Å². The van der Waals surface area contributed by atoms with Crippen molar-refractivity contribution >= 4 is 0 Å². The number of hydrogen-bond donors (Lipinski definition) is 1. The van der Waals surface area contributed by atoms with Gasteiger partial charge in [0.1, 0.15) is 0 Å². The molecule has 2 fully saturated rings. The number of fused-ring (bicyclic) bond motifs is 3. The summed E-state index contributed by atoms with van der Waals surface area (Å²) in [5.74, 6) is 0.551. The molecule has 1 N–H and O–H groups in total. The highest BCUT2D eigenvalue weighted by Gasteiger charge is 2.46. The lowest BCUT2D eigenvalue weighted by molar-refractivity contribution is 0.0247. The average molecular weight is 259 g/mol. The molecule has 5 unspecified atom stereocenters. The Labute approximate surface area is 114 Å². The van der Waals surface area contributed by atoms with E-state index in [1.54, 1.807) is 0 Å². The van der Waals surface area contributed by atoms with Gasteiger partial charge in [0.2, 0.25) is 0 Å². The first kappa shape index (κ1) is 11.9. The zero-order chi connectivity index (χ0) is 12.8. The monoisotopic (exact) mass is 259 g/mol. The van der Waals surface area contributed by atoms with Crippen LogP contribution in [0.15, 0.2) is 18.3 Å². The summed E-state index contributed by atoms with van der Waals surface area (Å²) in [6.07, 6.45) is 9.02. The molecular formula is C16H21NO2. The molecule has 1 aromatic heterocycles. The fourth-order valence-electron chi connectivity index (χ4n) is 4.31. The second kappa shape index (κ2) is 4.57. The predicted molar refractivity (Wildman–Crippen MR) is 71.9 cm³/mol. The Morgan fingerprint density at radius 2 is 2.26 bits per heavy atom. The highest BCUT2D eigenvalue weighted by atomic mass is 16.5. The van der Waals surface area contributed by atoms with Crippen LogP contribution in [0.5, 0.6) is 0 Å². The maximum absolute atomic E-state index is 10.8. The van der Waals surface area contributed by atoms with E-state index in [1.165, 1.54) is 18.4 Å². The molecule has 0 saturated carbocycles. The second-order valence-electron chi connectivity index (χ2n) is 6.31. The van der Waals surface area contributed by atoms with Gasteiger partial charge in [0.15, 0.2) is 0 Å². The molecule has 0 spiro atoms. The molecule has 2 aliphatic heterocycles. The fraction of sp³-hybridized carbons (Fsp3) is 0.688. The molecule has 5 atom stereocenters. The van der Waals surface area contributed by atoms with Gasteiger partial charge in [-0.1, -0.05) is 6.07 Å². The minimum Gasteiger partial charge on any atom is -0.392 e. The molecule has 0 amide bonds. The Bertz CT molecular complexity index is 476. The van der Waals surface area contributed by atoms with Crippen molar-refractivity contribution in [2.24, 2.45) is 5.92 Å². The van der Waals surface area contributed by atoms with E-state index in [1.807, 2.05) is 12.3 Å². The lowest BCUT2D eigenvalue weighted by Crippen LogP contribution is -2.36. The summed E-state index contributed by atoms with van der Waals surface area (Å²) in [7, 11) is 0. The largest absolute Gasteiger partial charge is 0.392 e. The molecule has 4 rings (SSSR count). The standard InChI is InChI=1S/C16H21NO2/c18-16(13-9-11-6-7-14(13)19-11)12-5-1-3-10-4-2-8-17-15(10)12/h2,4,8,11-14,16,18H,1,3,5-7,9H2. The van der Waals surface area contributed by atoms with Gasteiger partial charge < -0.3 is 9.84 Å². The number of pyridine rings is 1. The third-order valence-corrected chi connectivity index (χ3v) is 5.24.